The molecule has 0 heterocycles. The van der Waals surface area contributed by atoms with Crippen LogP contribution < -0.4 is 0 Å². The summed E-state index contributed by atoms with van der Waals surface area (Å²) < 4.78 is 3.38. The van der Waals surface area contributed by atoms with Gasteiger partial charge in [-0.25, -0.2) is 9.59 Å². The number of aliphatic carboxylic acids is 1. The zero-order valence-electron chi connectivity index (χ0n) is 4.14. The molecule has 0 aromatic heterocycles. The summed E-state index contributed by atoms with van der Waals surface area (Å²) >= 11 is 0. The van der Waals surface area contributed by atoms with Gasteiger partial charge < -0.3 is 19.8 Å². The third-order valence-electron chi connectivity index (χ3n) is 0.387. The molecule has 0 aromatic rings. The van der Waals surface area contributed by atoms with Gasteiger partial charge in [-0.3, -0.25) is 0 Å². The molecule has 0 amide bonds. The van der Waals surface area contributed by atoms with E-state index in [1.165, 1.54) is 0 Å². The topological polar surface area (TPSA) is 104 Å². The number of hydrogen-bond donors (Lipinski definition) is 3. The van der Waals surface area contributed by atoms with E-state index in [1.807, 2.05) is 0 Å². The number of carboxylic acids is 1. The van der Waals surface area contributed by atoms with Crippen LogP contribution in [-0.4, -0.2) is 53.3 Å². The van der Waals surface area contributed by atoms with E-state index in [0.29, 0.717) is 0 Å². The molecule has 0 saturated carbocycles. The van der Waals surface area contributed by atoms with Crippen LogP contribution in [-0.2, 0) is 14.2 Å². The molecule has 0 aromatic carbocycles. The molecule has 8 heteroatoms. The number of hydrogen-bond acceptors (Lipinski definition) is 5. The van der Waals surface area contributed by atoms with Gasteiger partial charge in [-0.1, -0.05) is 0 Å². The van der Waals surface area contributed by atoms with Gasteiger partial charge in [0.25, 0.3) is 0 Å². The van der Waals surface area contributed by atoms with Crippen molar-refractivity contribution < 1.29 is 29.4 Å². The van der Waals surface area contributed by atoms with Crippen LogP contribution in [0.5, 0.6) is 0 Å². The van der Waals surface area contributed by atoms with Crippen LogP contribution in [0.15, 0.2) is 0 Å². The summed E-state index contributed by atoms with van der Waals surface area (Å²) in [5.41, 5.74) is 0. The Bertz CT molecular complexity index is 134. The summed E-state index contributed by atoms with van der Waals surface area (Å²) in [7, 11) is -2.37. The monoisotopic (exact) mass is 142 g/mol. The van der Waals surface area contributed by atoms with Crippen molar-refractivity contribution in [1.29, 1.82) is 0 Å². The zero-order valence-corrected chi connectivity index (χ0v) is 4.14. The van der Waals surface area contributed by atoms with Crippen molar-refractivity contribution in [2.45, 2.75) is 0 Å². The first-order valence-electron chi connectivity index (χ1n) is 1.84. The van der Waals surface area contributed by atoms with Crippen molar-refractivity contribution in [3.63, 3.8) is 0 Å². The molecule has 0 aliphatic rings. The molecule has 0 fully saturated rings. The fourth-order valence-corrected chi connectivity index (χ4v) is 0.146. The maximum atomic E-state index is 9.81. The van der Waals surface area contributed by atoms with E-state index in [2.05, 4.69) is 4.65 Å². The molecule has 0 rings (SSSR count). The van der Waals surface area contributed by atoms with Gasteiger partial charge in [-0.15, -0.1) is 0 Å². The van der Waals surface area contributed by atoms with Crippen molar-refractivity contribution in [3.05, 3.63) is 0 Å². The van der Waals surface area contributed by atoms with E-state index in [0.717, 1.165) is 0 Å². The van der Waals surface area contributed by atoms with Gasteiger partial charge >= 0.3 is 38.1 Å². The van der Waals surface area contributed by atoms with Gasteiger partial charge in [-0.2, -0.15) is 0 Å². The Hall–Kier alpha value is -0.478. The van der Waals surface area contributed by atoms with E-state index in [-0.39, 0.29) is 18.9 Å². The van der Waals surface area contributed by atoms with Gasteiger partial charge in [0, 0.05) is 0 Å². The summed E-state index contributed by atoms with van der Waals surface area (Å²) in [5, 5.41) is 23.4. The molecular formula is C2H4BLiO6. The van der Waals surface area contributed by atoms with Gasteiger partial charge in [0.15, 0.2) is 0 Å². The van der Waals surface area contributed by atoms with Crippen molar-refractivity contribution in [2.75, 3.05) is 0 Å². The molecule has 0 atom stereocenters. The molecule has 0 aliphatic carbocycles. The van der Waals surface area contributed by atoms with Crippen LogP contribution in [0.4, 0.5) is 0 Å². The van der Waals surface area contributed by atoms with E-state index in [4.69, 9.17) is 15.2 Å². The van der Waals surface area contributed by atoms with Crippen LogP contribution in [0.1, 0.15) is 0 Å². The fraction of sp³-hybridized carbons (Fsp3) is 0. The number of rotatable bonds is 1. The second kappa shape index (κ2) is 5.32. The molecule has 6 nitrogen and oxygen atoms in total. The maximum absolute atomic E-state index is 9.81. The van der Waals surface area contributed by atoms with Gasteiger partial charge in [0.05, 0.1) is 0 Å². The molecule has 3 N–H and O–H groups in total. The Kier molecular flexibility index (Phi) is 6.50. The van der Waals surface area contributed by atoms with E-state index in [9.17, 15) is 9.59 Å². The van der Waals surface area contributed by atoms with E-state index in [1.54, 1.807) is 0 Å². The summed E-state index contributed by atoms with van der Waals surface area (Å²) in [5.74, 6) is -3.58. The first kappa shape index (κ1) is 12.2. The second-order valence-corrected chi connectivity index (χ2v) is 1.04. The third-order valence-corrected chi connectivity index (χ3v) is 0.387. The Balaban J connectivity index is 0. The average molecular weight is 142 g/mol. The van der Waals surface area contributed by atoms with Crippen LogP contribution in [0.3, 0.4) is 0 Å². The molecule has 0 unspecified atom stereocenters. The SMILES string of the molecule is O=C(O)C(=O)OB(O)O.[LiH]. The standard InChI is InChI=1S/C2H3BO6.Li.H/c4-1(5)2(6)9-3(7)8;;/h7-8H,(H,4,5);;. The molecule has 10 heavy (non-hydrogen) atoms. The van der Waals surface area contributed by atoms with Crippen LogP contribution in [0.2, 0.25) is 0 Å². The van der Waals surface area contributed by atoms with Crippen molar-refractivity contribution in [1.82, 2.24) is 0 Å². The molecule has 0 bridgehead atoms. The first-order valence-corrected chi connectivity index (χ1v) is 1.84. The first-order chi connectivity index (χ1) is 4.04. The third kappa shape index (κ3) is 5.66. The van der Waals surface area contributed by atoms with Crippen molar-refractivity contribution in [2.24, 2.45) is 0 Å². The van der Waals surface area contributed by atoms with E-state index < -0.39 is 19.3 Å². The number of carbonyl (C=O) groups excluding carboxylic acids is 1. The Labute approximate surface area is 68.1 Å². The predicted octanol–water partition coefficient (Wildman–Crippen LogP) is -3.06. The predicted molar refractivity (Wildman–Crippen MR) is 31.1 cm³/mol. The Morgan fingerprint density at radius 3 is 1.80 bits per heavy atom. The average Bonchev–Trinajstić information content (AvgIpc) is 1.63. The summed E-state index contributed by atoms with van der Waals surface area (Å²) in [6.45, 7) is 0. The second-order valence-electron chi connectivity index (χ2n) is 1.04. The number of carboxylic acid groups (broad SMARTS) is 1. The van der Waals surface area contributed by atoms with Gasteiger partial charge in [-0.05, 0) is 0 Å². The molecule has 52 valence electrons. The Morgan fingerprint density at radius 2 is 1.70 bits per heavy atom. The minimum absolute atomic E-state index is 0. The van der Waals surface area contributed by atoms with E-state index >= 15 is 0 Å². The van der Waals surface area contributed by atoms with Crippen molar-refractivity contribution in [3.8, 4) is 0 Å². The van der Waals surface area contributed by atoms with Crippen LogP contribution >= 0.6 is 0 Å². The van der Waals surface area contributed by atoms with Gasteiger partial charge in [0.2, 0.25) is 0 Å². The summed E-state index contributed by atoms with van der Waals surface area (Å²) in [6.07, 6.45) is 0. The van der Waals surface area contributed by atoms with Crippen LogP contribution in [0, 0.1) is 0 Å². The normalized spacial score (nSPS) is 7.40. The Morgan fingerprint density at radius 1 is 1.30 bits per heavy atom. The molecular weight excluding hydrogens is 138 g/mol. The van der Waals surface area contributed by atoms with Crippen LogP contribution in [0.25, 0.3) is 0 Å². The molecule has 0 aliphatic heterocycles. The molecule has 0 saturated heterocycles. The summed E-state index contributed by atoms with van der Waals surface area (Å²) in [6, 6.07) is 0. The molecule has 0 radical (unpaired) electrons. The summed E-state index contributed by atoms with van der Waals surface area (Å²) in [4.78, 5) is 19.3. The number of carbonyl (C=O) groups is 2. The molecule has 0 spiro atoms. The fourth-order valence-electron chi connectivity index (χ4n) is 0.146. The van der Waals surface area contributed by atoms with Crippen molar-refractivity contribution >= 4 is 38.1 Å². The van der Waals surface area contributed by atoms with Gasteiger partial charge in [0.1, 0.15) is 0 Å². The minimum atomic E-state index is -2.37. The quantitative estimate of drug-likeness (QED) is 0.265. The zero-order chi connectivity index (χ0) is 7.44.